The zero-order valence-electron chi connectivity index (χ0n) is 12.0. The molecule has 0 saturated carbocycles. The summed E-state index contributed by atoms with van der Waals surface area (Å²) in [6.45, 7) is 1.43. The van der Waals surface area contributed by atoms with Crippen LogP contribution in [-0.4, -0.2) is 27.0 Å². The highest BCUT2D eigenvalue weighted by molar-refractivity contribution is 5.92. The third-order valence-corrected chi connectivity index (χ3v) is 3.81. The number of nitrogens with zero attached hydrogens (tertiary/aromatic N) is 3. The van der Waals surface area contributed by atoms with Crippen LogP contribution in [0.1, 0.15) is 40.8 Å². The van der Waals surface area contributed by atoms with Gasteiger partial charge in [0, 0.05) is 31.7 Å². The van der Waals surface area contributed by atoms with E-state index in [1.807, 2.05) is 29.9 Å². The highest BCUT2D eigenvalue weighted by atomic mass is 16.1. The molecule has 3 heterocycles. The second-order valence-corrected chi connectivity index (χ2v) is 5.26. The number of rotatable bonds is 4. The molecular formula is C15H19N5O. The van der Waals surface area contributed by atoms with Gasteiger partial charge in [-0.1, -0.05) is 0 Å². The SMILES string of the molecule is Cn1ccnc1CNC(=O)c1cc([C@H]2CCCN2)ccn1. The van der Waals surface area contributed by atoms with Crippen molar-refractivity contribution in [2.24, 2.45) is 7.05 Å². The van der Waals surface area contributed by atoms with E-state index in [1.54, 1.807) is 12.4 Å². The first-order valence-electron chi connectivity index (χ1n) is 7.18. The molecule has 6 heteroatoms. The standard InChI is InChI=1S/C15H19N5O/c1-20-8-7-18-14(20)10-19-15(21)13-9-11(4-6-17-13)12-3-2-5-16-12/h4,6-9,12,16H,2-3,5,10H2,1H3,(H,19,21)/t12-/m1/s1. The van der Waals surface area contributed by atoms with Crippen molar-refractivity contribution in [1.29, 1.82) is 0 Å². The van der Waals surface area contributed by atoms with Gasteiger partial charge in [-0.2, -0.15) is 0 Å². The van der Waals surface area contributed by atoms with Crippen LogP contribution < -0.4 is 10.6 Å². The number of aromatic nitrogens is 3. The molecule has 110 valence electrons. The molecule has 1 aliphatic rings. The number of hydrogen-bond donors (Lipinski definition) is 2. The van der Waals surface area contributed by atoms with Crippen LogP contribution in [0.3, 0.4) is 0 Å². The summed E-state index contributed by atoms with van der Waals surface area (Å²) >= 11 is 0. The summed E-state index contributed by atoms with van der Waals surface area (Å²) in [7, 11) is 1.90. The summed E-state index contributed by atoms with van der Waals surface area (Å²) in [5, 5.41) is 6.28. The summed E-state index contributed by atoms with van der Waals surface area (Å²) < 4.78 is 1.88. The molecule has 1 amide bonds. The predicted molar refractivity (Wildman–Crippen MR) is 78.6 cm³/mol. The largest absolute Gasteiger partial charge is 0.343 e. The van der Waals surface area contributed by atoms with Crippen molar-refractivity contribution in [1.82, 2.24) is 25.2 Å². The molecule has 21 heavy (non-hydrogen) atoms. The van der Waals surface area contributed by atoms with Crippen molar-refractivity contribution >= 4 is 5.91 Å². The predicted octanol–water partition coefficient (Wildman–Crippen LogP) is 1.17. The minimum Gasteiger partial charge on any atom is -0.343 e. The summed E-state index contributed by atoms with van der Waals surface area (Å²) in [5.74, 6) is 0.648. The molecule has 0 bridgehead atoms. The van der Waals surface area contributed by atoms with Gasteiger partial charge in [-0.15, -0.1) is 0 Å². The number of imidazole rings is 1. The molecule has 1 atom stereocenters. The minimum absolute atomic E-state index is 0.169. The van der Waals surface area contributed by atoms with E-state index in [4.69, 9.17) is 0 Å². The first kappa shape index (κ1) is 13.8. The van der Waals surface area contributed by atoms with Crippen LogP contribution in [0.4, 0.5) is 0 Å². The average Bonchev–Trinajstić information content (AvgIpc) is 3.16. The molecule has 2 aromatic heterocycles. The molecular weight excluding hydrogens is 266 g/mol. The molecule has 6 nitrogen and oxygen atoms in total. The lowest BCUT2D eigenvalue weighted by molar-refractivity contribution is 0.0944. The normalized spacial score (nSPS) is 17.9. The van der Waals surface area contributed by atoms with E-state index < -0.39 is 0 Å². The Labute approximate surface area is 123 Å². The van der Waals surface area contributed by atoms with Gasteiger partial charge >= 0.3 is 0 Å². The molecule has 0 aromatic carbocycles. The first-order chi connectivity index (χ1) is 10.2. The number of carbonyl (C=O) groups is 1. The van der Waals surface area contributed by atoms with Crippen molar-refractivity contribution < 1.29 is 4.79 Å². The van der Waals surface area contributed by atoms with Gasteiger partial charge in [0.15, 0.2) is 0 Å². The Bertz CT molecular complexity index is 630. The van der Waals surface area contributed by atoms with Gasteiger partial charge in [-0.05, 0) is 37.1 Å². The van der Waals surface area contributed by atoms with E-state index in [0.29, 0.717) is 18.3 Å². The monoisotopic (exact) mass is 285 g/mol. The fraction of sp³-hybridized carbons (Fsp3) is 0.400. The van der Waals surface area contributed by atoms with E-state index in [1.165, 1.54) is 6.42 Å². The summed E-state index contributed by atoms with van der Waals surface area (Å²) in [4.78, 5) is 20.5. The van der Waals surface area contributed by atoms with Crippen LogP contribution in [-0.2, 0) is 13.6 Å². The number of amides is 1. The fourth-order valence-electron chi connectivity index (χ4n) is 2.57. The van der Waals surface area contributed by atoms with E-state index in [-0.39, 0.29) is 5.91 Å². The second kappa shape index (κ2) is 6.05. The molecule has 3 rings (SSSR count). The topological polar surface area (TPSA) is 71.8 Å². The van der Waals surface area contributed by atoms with E-state index >= 15 is 0 Å². The second-order valence-electron chi connectivity index (χ2n) is 5.26. The van der Waals surface area contributed by atoms with E-state index in [2.05, 4.69) is 20.6 Å². The third kappa shape index (κ3) is 3.11. The zero-order valence-corrected chi connectivity index (χ0v) is 12.0. The maximum atomic E-state index is 12.2. The highest BCUT2D eigenvalue weighted by Crippen LogP contribution is 2.22. The van der Waals surface area contributed by atoms with Gasteiger partial charge in [-0.3, -0.25) is 9.78 Å². The summed E-state index contributed by atoms with van der Waals surface area (Å²) in [5.41, 5.74) is 1.58. The van der Waals surface area contributed by atoms with Crippen LogP contribution in [0.15, 0.2) is 30.7 Å². The average molecular weight is 285 g/mol. The van der Waals surface area contributed by atoms with Gasteiger partial charge in [0.25, 0.3) is 5.91 Å². The number of hydrogen-bond acceptors (Lipinski definition) is 4. The van der Waals surface area contributed by atoms with Crippen molar-refractivity contribution in [3.8, 4) is 0 Å². The number of carbonyl (C=O) groups excluding carboxylic acids is 1. The molecule has 1 aliphatic heterocycles. The molecule has 0 unspecified atom stereocenters. The quantitative estimate of drug-likeness (QED) is 0.884. The Balaban J connectivity index is 1.67. The lowest BCUT2D eigenvalue weighted by Gasteiger charge is -2.11. The van der Waals surface area contributed by atoms with Crippen LogP contribution in [0, 0.1) is 0 Å². The molecule has 0 radical (unpaired) electrons. The molecule has 0 aliphatic carbocycles. The maximum Gasteiger partial charge on any atom is 0.270 e. The Morgan fingerprint density at radius 1 is 1.48 bits per heavy atom. The molecule has 1 fully saturated rings. The molecule has 0 spiro atoms. The minimum atomic E-state index is -0.169. The van der Waals surface area contributed by atoms with Crippen LogP contribution in [0.2, 0.25) is 0 Å². The third-order valence-electron chi connectivity index (χ3n) is 3.81. The molecule has 2 aromatic rings. The summed E-state index contributed by atoms with van der Waals surface area (Å²) in [6, 6.07) is 4.18. The zero-order chi connectivity index (χ0) is 14.7. The van der Waals surface area contributed by atoms with Crippen molar-refractivity contribution in [2.75, 3.05) is 6.54 Å². The fourth-order valence-corrected chi connectivity index (χ4v) is 2.57. The van der Waals surface area contributed by atoms with Gasteiger partial charge in [0.05, 0.1) is 6.54 Å². The van der Waals surface area contributed by atoms with Crippen molar-refractivity contribution in [2.45, 2.75) is 25.4 Å². The number of aryl methyl sites for hydroxylation is 1. The molecule has 1 saturated heterocycles. The summed E-state index contributed by atoms with van der Waals surface area (Å²) in [6.07, 6.45) is 7.55. The van der Waals surface area contributed by atoms with Crippen molar-refractivity contribution in [3.63, 3.8) is 0 Å². The van der Waals surface area contributed by atoms with E-state index in [9.17, 15) is 4.79 Å². The maximum absolute atomic E-state index is 12.2. The Hall–Kier alpha value is -2.21. The van der Waals surface area contributed by atoms with E-state index in [0.717, 1.165) is 24.4 Å². The van der Waals surface area contributed by atoms with Gasteiger partial charge in [0.1, 0.15) is 11.5 Å². The number of pyridine rings is 1. The lowest BCUT2D eigenvalue weighted by atomic mass is 10.1. The van der Waals surface area contributed by atoms with Gasteiger partial charge in [0.2, 0.25) is 0 Å². The van der Waals surface area contributed by atoms with Gasteiger partial charge < -0.3 is 15.2 Å². The lowest BCUT2D eigenvalue weighted by Crippen LogP contribution is -2.25. The van der Waals surface area contributed by atoms with Gasteiger partial charge in [-0.25, -0.2) is 4.98 Å². The van der Waals surface area contributed by atoms with Crippen molar-refractivity contribution in [3.05, 3.63) is 47.8 Å². The Morgan fingerprint density at radius 3 is 3.10 bits per heavy atom. The Kier molecular flexibility index (Phi) is 3.96. The molecule has 2 N–H and O–H groups in total. The Morgan fingerprint density at radius 2 is 2.38 bits per heavy atom. The van der Waals surface area contributed by atoms with Crippen LogP contribution >= 0.6 is 0 Å². The highest BCUT2D eigenvalue weighted by Gasteiger charge is 2.18. The first-order valence-corrected chi connectivity index (χ1v) is 7.18. The van der Waals surface area contributed by atoms with Crippen LogP contribution in [0.5, 0.6) is 0 Å². The van der Waals surface area contributed by atoms with Crippen LogP contribution in [0.25, 0.3) is 0 Å². The smallest absolute Gasteiger partial charge is 0.270 e. The number of nitrogens with one attached hydrogen (secondary N) is 2.